The van der Waals surface area contributed by atoms with Gasteiger partial charge in [-0.1, -0.05) is 120 Å². The van der Waals surface area contributed by atoms with Crippen LogP contribution in [0.25, 0.3) is 0 Å². The van der Waals surface area contributed by atoms with Gasteiger partial charge in [0.1, 0.15) is 19.8 Å². The Morgan fingerprint density at radius 3 is 1.52 bits per heavy atom. The maximum Gasteiger partial charge on any atom is 0.306 e. The van der Waals surface area contributed by atoms with E-state index < -0.39 is 32.5 Å². The molecule has 0 aromatic rings. The highest BCUT2D eigenvalue weighted by Gasteiger charge is 2.21. The summed E-state index contributed by atoms with van der Waals surface area (Å²) in [5.74, 6) is -0.901. The van der Waals surface area contributed by atoms with Crippen LogP contribution in [0, 0.1) is 0 Å². The van der Waals surface area contributed by atoms with Crippen LogP contribution in [-0.4, -0.2) is 70.0 Å². The Morgan fingerprint density at radius 2 is 1.00 bits per heavy atom. The molecular weight excluding hydrogens is 701 g/mol. The highest BCUT2D eigenvalue weighted by molar-refractivity contribution is 7.45. The van der Waals surface area contributed by atoms with Gasteiger partial charge in [-0.3, -0.25) is 14.2 Å². The van der Waals surface area contributed by atoms with E-state index in [1.807, 2.05) is 21.1 Å². The fourth-order valence-electron chi connectivity index (χ4n) is 5.16. The fourth-order valence-corrected chi connectivity index (χ4v) is 5.89. The smallest absolute Gasteiger partial charge is 0.306 e. The minimum Gasteiger partial charge on any atom is -0.756 e. The standard InChI is InChI=1S/C44H78NO8P/c1-6-8-10-12-14-16-18-20-22-24-26-28-30-32-34-36-43(46)50-40-42(41-52-54(48,49)51-39-38-45(3,4)5)53-44(47)37-35-33-31-29-27-25-23-21-19-17-15-13-11-9-7-2/h14-17,20-23,27,29,42H,6-13,18-19,24-26,28,30-41H2,1-5H3/b16-14+,17-15+,22-20+,23-21+,29-27+/t42-/m1/s1. The molecule has 0 aliphatic carbocycles. The lowest BCUT2D eigenvalue weighted by Gasteiger charge is -2.28. The first-order chi connectivity index (χ1) is 26.0. The predicted octanol–water partition coefficient (Wildman–Crippen LogP) is 11.1. The molecule has 54 heavy (non-hydrogen) atoms. The summed E-state index contributed by atoms with van der Waals surface area (Å²) in [6.45, 7) is 4.09. The highest BCUT2D eigenvalue weighted by atomic mass is 31.2. The van der Waals surface area contributed by atoms with Gasteiger partial charge in [-0.05, 0) is 83.5 Å². The highest BCUT2D eigenvalue weighted by Crippen LogP contribution is 2.38. The summed E-state index contributed by atoms with van der Waals surface area (Å²) in [5, 5.41) is 0. The number of likely N-dealkylation sites (N-methyl/N-ethyl adjacent to an activating group) is 1. The van der Waals surface area contributed by atoms with Crippen LogP contribution in [0.5, 0.6) is 0 Å². The molecule has 0 amide bonds. The molecule has 9 nitrogen and oxygen atoms in total. The third-order valence-electron chi connectivity index (χ3n) is 8.51. The summed E-state index contributed by atoms with van der Waals surface area (Å²) in [4.78, 5) is 37.4. The van der Waals surface area contributed by atoms with E-state index >= 15 is 0 Å². The van der Waals surface area contributed by atoms with Crippen LogP contribution in [-0.2, 0) is 32.7 Å². The first kappa shape index (κ1) is 51.7. The van der Waals surface area contributed by atoms with E-state index in [2.05, 4.69) is 74.6 Å². The van der Waals surface area contributed by atoms with Crippen molar-refractivity contribution >= 4 is 19.8 Å². The monoisotopic (exact) mass is 780 g/mol. The molecule has 0 aromatic carbocycles. The molecule has 312 valence electrons. The average Bonchev–Trinajstić information content (AvgIpc) is 3.12. The Morgan fingerprint density at radius 1 is 0.574 bits per heavy atom. The predicted molar refractivity (Wildman–Crippen MR) is 222 cm³/mol. The number of ether oxygens (including phenoxy) is 2. The molecule has 0 spiro atoms. The number of nitrogens with zero attached hydrogens (tertiary/aromatic N) is 1. The van der Waals surface area contributed by atoms with Crippen LogP contribution in [0.3, 0.4) is 0 Å². The molecule has 0 saturated carbocycles. The summed E-state index contributed by atoms with van der Waals surface area (Å²) in [6.07, 6.45) is 42.5. The van der Waals surface area contributed by atoms with Crippen molar-refractivity contribution in [2.24, 2.45) is 0 Å². The third kappa shape index (κ3) is 39.4. The van der Waals surface area contributed by atoms with E-state index in [0.29, 0.717) is 23.9 Å². The molecule has 0 aliphatic rings. The molecule has 1 unspecified atom stereocenters. The second kappa shape index (κ2) is 36.4. The number of quaternary nitrogens is 1. The number of phosphoric acid groups is 1. The maximum absolute atomic E-state index is 12.6. The Labute approximate surface area is 330 Å². The minimum absolute atomic E-state index is 0.0431. The maximum atomic E-state index is 12.6. The van der Waals surface area contributed by atoms with Gasteiger partial charge in [0.2, 0.25) is 0 Å². The average molecular weight is 780 g/mol. The van der Waals surface area contributed by atoms with Crippen LogP contribution in [0.15, 0.2) is 60.8 Å². The zero-order chi connectivity index (χ0) is 40.0. The van der Waals surface area contributed by atoms with Crippen molar-refractivity contribution in [3.05, 3.63) is 60.8 Å². The molecule has 10 heteroatoms. The molecule has 0 radical (unpaired) electrons. The molecule has 0 bridgehead atoms. The van der Waals surface area contributed by atoms with E-state index in [4.69, 9.17) is 18.5 Å². The van der Waals surface area contributed by atoms with Crippen molar-refractivity contribution in [3.63, 3.8) is 0 Å². The van der Waals surface area contributed by atoms with Crippen LogP contribution >= 0.6 is 7.82 Å². The van der Waals surface area contributed by atoms with Crippen LogP contribution < -0.4 is 4.89 Å². The Balaban J connectivity index is 4.50. The first-order valence-electron chi connectivity index (χ1n) is 21.0. The second-order valence-electron chi connectivity index (χ2n) is 15.0. The minimum atomic E-state index is -4.64. The SMILES string of the molecule is CCCCC/C=C/C/C=C/C/C=C/CCCCC(=O)O[C@H](COC(=O)CCCCCCC/C=C/C/C=C/CCCCC)COP(=O)([O-])OCC[N+](C)(C)C. The molecule has 0 aromatic heterocycles. The van der Waals surface area contributed by atoms with Gasteiger partial charge in [0.25, 0.3) is 7.82 Å². The van der Waals surface area contributed by atoms with E-state index in [1.54, 1.807) is 0 Å². The zero-order valence-electron chi connectivity index (χ0n) is 34.9. The number of rotatable bonds is 37. The van der Waals surface area contributed by atoms with Gasteiger partial charge < -0.3 is 27.9 Å². The molecule has 0 N–H and O–H groups in total. The molecule has 0 fully saturated rings. The molecule has 0 saturated heterocycles. The Kier molecular flexibility index (Phi) is 34.8. The molecule has 0 aliphatic heterocycles. The lowest BCUT2D eigenvalue weighted by Crippen LogP contribution is -2.37. The molecule has 0 heterocycles. The normalized spacial score (nSPS) is 14.3. The van der Waals surface area contributed by atoms with Crippen molar-refractivity contribution in [2.75, 3.05) is 47.5 Å². The van der Waals surface area contributed by atoms with E-state index in [9.17, 15) is 19.0 Å². The Hall–Kier alpha value is -2.29. The van der Waals surface area contributed by atoms with E-state index in [1.165, 1.54) is 44.9 Å². The zero-order valence-corrected chi connectivity index (χ0v) is 35.8. The molecular formula is C44H78NO8P. The van der Waals surface area contributed by atoms with Crippen LogP contribution in [0.1, 0.15) is 155 Å². The Bertz CT molecular complexity index is 1110. The van der Waals surface area contributed by atoms with Gasteiger partial charge in [0, 0.05) is 12.8 Å². The van der Waals surface area contributed by atoms with Crippen molar-refractivity contribution in [2.45, 2.75) is 161 Å². The number of phosphoric ester groups is 1. The summed E-state index contributed by atoms with van der Waals surface area (Å²) >= 11 is 0. The topological polar surface area (TPSA) is 111 Å². The summed E-state index contributed by atoms with van der Waals surface area (Å²) < 4.78 is 33.8. The van der Waals surface area contributed by atoms with E-state index in [0.717, 1.165) is 70.6 Å². The number of esters is 2. The summed E-state index contributed by atoms with van der Waals surface area (Å²) in [7, 11) is 1.12. The van der Waals surface area contributed by atoms with Crippen molar-refractivity contribution in [1.29, 1.82) is 0 Å². The first-order valence-corrected chi connectivity index (χ1v) is 22.5. The number of hydrogen-bond acceptors (Lipinski definition) is 8. The number of unbranched alkanes of at least 4 members (excludes halogenated alkanes) is 13. The van der Waals surface area contributed by atoms with Gasteiger partial charge >= 0.3 is 11.9 Å². The van der Waals surface area contributed by atoms with Crippen LogP contribution in [0.2, 0.25) is 0 Å². The van der Waals surface area contributed by atoms with Crippen molar-refractivity contribution in [1.82, 2.24) is 0 Å². The summed E-state index contributed by atoms with van der Waals surface area (Å²) in [6, 6.07) is 0. The van der Waals surface area contributed by atoms with Gasteiger partial charge in [0.15, 0.2) is 6.10 Å². The lowest BCUT2D eigenvalue weighted by atomic mass is 10.1. The lowest BCUT2D eigenvalue weighted by molar-refractivity contribution is -0.870. The van der Waals surface area contributed by atoms with Gasteiger partial charge in [0.05, 0.1) is 27.7 Å². The molecule has 2 atom stereocenters. The number of hydrogen-bond donors (Lipinski definition) is 0. The van der Waals surface area contributed by atoms with E-state index in [-0.39, 0.29) is 26.1 Å². The fraction of sp³-hybridized carbons (Fsp3) is 0.727. The quantitative estimate of drug-likeness (QED) is 0.0201. The third-order valence-corrected chi connectivity index (χ3v) is 9.47. The van der Waals surface area contributed by atoms with Gasteiger partial charge in [-0.15, -0.1) is 0 Å². The number of carbonyl (C=O) groups excluding carboxylic acids is 2. The number of carbonyl (C=O) groups is 2. The number of allylic oxidation sites excluding steroid dienone is 10. The van der Waals surface area contributed by atoms with Crippen molar-refractivity contribution < 1.29 is 42.1 Å². The van der Waals surface area contributed by atoms with Gasteiger partial charge in [-0.25, -0.2) is 0 Å². The van der Waals surface area contributed by atoms with Gasteiger partial charge in [-0.2, -0.15) is 0 Å². The second-order valence-corrected chi connectivity index (χ2v) is 16.4. The van der Waals surface area contributed by atoms with Crippen molar-refractivity contribution in [3.8, 4) is 0 Å². The largest absolute Gasteiger partial charge is 0.756 e. The summed E-state index contributed by atoms with van der Waals surface area (Å²) in [5.41, 5.74) is 0. The van der Waals surface area contributed by atoms with Crippen LogP contribution in [0.4, 0.5) is 0 Å². The molecule has 0 rings (SSSR count).